The first-order valence-electron chi connectivity index (χ1n) is 7.07. The van der Waals surface area contributed by atoms with Crippen LogP contribution in [0.1, 0.15) is 40.0 Å². The van der Waals surface area contributed by atoms with Gasteiger partial charge in [0.1, 0.15) is 0 Å². The quantitative estimate of drug-likeness (QED) is 0.564. The Bertz CT molecular complexity index is 395. The van der Waals surface area contributed by atoms with E-state index < -0.39 is 12.0 Å². The zero-order valence-electron chi connectivity index (χ0n) is 12.3. The highest BCUT2D eigenvalue weighted by atomic mass is 16.4. The highest BCUT2D eigenvalue weighted by Crippen LogP contribution is 2.19. The molecule has 1 aliphatic rings. The lowest BCUT2D eigenvalue weighted by Gasteiger charge is -2.36. The van der Waals surface area contributed by atoms with Gasteiger partial charge in [-0.1, -0.05) is 19.4 Å². The maximum absolute atomic E-state index is 11.3. The van der Waals surface area contributed by atoms with Crippen LogP contribution < -0.4 is 16.4 Å². The molecule has 1 amide bonds. The van der Waals surface area contributed by atoms with Crippen molar-refractivity contribution < 1.29 is 14.7 Å². The third-order valence-corrected chi connectivity index (χ3v) is 3.53. The van der Waals surface area contributed by atoms with Crippen LogP contribution in [0.15, 0.2) is 11.6 Å². The van der Waals surface area contributed by atoms with E-state index in [0.717, 1.165) is 12.8 Å². The Labute approximate surface area is 119 Å². The third kappa shape index (κ3) is 4.61. The van der Waals surface area contributed by atoms with Crippen LogP contribution in [-0.4, -0.2) is 41.2 Å². The standard InChI is InChI=1S/C14H25N3O3/c1-4-5-8(2)16-12-7-10(14(19)20)6-11(15)13(12)17-9(3)18/h7-8,11-13,16H,4-6,15H2,1-3H3,(H,17,18)(H,19,20)/t8?,11-,12+,13+/m1/s1. The molecular weight excluding hydrogens is 258 g/mol. The lowest BCUT2D eigenvalue weighted by Crippen LogP contribution is -2.61. The number of amides is 1. The van der Waals surface area contributed by atoms with Crippen LogP contribution in [0, 0.1) is 0 Å². The third-order valence-electron chi connectivity index (χ3n) is 3.53. The molecule has 1 rings (SSSR count). The van der Waals surface area contributed by atoms with Crippen molar-refractivity contribution in [2.75, 3.05) is 0 Å². The van der Waals surface area contributed by atoms with Crippen molar-refractivity contribution in [1.82, 2.24) is 10.6 Å². The largest absolute Gasteiger partial charge is 0.478 e. The van der Waals surface area contributed by atoms with Crippen molar-refractivity contribution in [2.24, 2.45) is 5.73 Å². The molecular formula is C14H25N3O3. The summed E-state index contributed by atoms with van der Waals surface area (Å²) >= 11 is 0. The Hall–Kier alpha value is -1.40. The van der Waals surface area contributed by atoms with Gasteiger partial charge >= 0.3 is 5.97 Å². The molecule has 0 heterocycles. The van der Waals surface area contributed by atoms with E-state index in [4.69, 9.17) is 10.8 Å². The number of nitrogens with one attached hydrogen (secondary N) is 2. The zero-order valence-corrected chi connectivity index (χ0v) is 12.3. The van der Waals surface area contributed by atoms with Crippen molar-refractivity contribution in [2.45, 2.75) is 64.2 Å². The van der Waals surface area contributed by atoms with Gasteiger partial charge in [0.05, 0.1) is 6.04 Å². The Morgan fingerprint density at radius 1 is 1.55 bits per heavy atom. The second-order valence-electron chi connectivity index (χ2n) is 5.47. The smallest absolute Gasteiger partial charge is 0.331 e. The average molecular weight is 283 g/mol. The second-order valence-corrected chi connectivity index (χ2v) is 5.47. The first-order valence-corrected chi connectivity index (χ1v) is 7.07. The van der Waals surface area contributed by atoms with E-state index >= 15 is 0 Å². The van der Waals surface area contributed by atoms with Crippen molar-refractivity contribution in [1.29, 1.82) is 0 Å². The highest BCUT2D eigenvalue weighted by Gasteiger charge is 2.34. The molecule has 0 spiro atoms. The summed E-state index contributed by atoms with van der Waals surface area (Å²) in [5.74, 6) is -1.11. The molecule has 1 aliphatic carbocycles. The van der Waals surface area contributed by atoms with Crippen LogP contribution in [0.2, 0.25) is 0 Å². The minimum Gasteiger partial charge on any atom is -0.478 e. The van der Waals surface area contributed by atoms with Gasteiger partial charge in [-0.2, -0.15) is 0 Å². The van der Waals surface area contributed by atoms with E-state index in [1.807, 2.05) is 6.92 Å². The fourth-order valence-corrected chi connectivity index (χ4v) is 2.62. The molecule has 4 atom stereocenters. The topological polar surface area (TPSA) is 104 Å². The van der Waals surface area contributed by atoms with E-state index in [-0.39, 0.29) is 30.5 Å². The lowest BCUT2D eigenvalue weighted by atomic mass is 9.86. The molecule has 0 aromatic rings. The Kier molecular flexibility index (Phi) is 6.16. The fraction of sp³-hybridized carbons (Fsp3) is 0.714. The Morgan fingerprint density at radius 3 is 2.70 bits per heavy atom. The summed E-state index contributed by atoms with van der Waals surface area (Å²) in [5.41, 5.74) is 6.34. The van der Waals surface area contributed by atoms with Crippen LogP contribution in [0.3, 0.4) is 0 Å². The number of carbonyl (C=O) groups excluding carboxylic acids is 1. The molecule has 0 bridgehead atoms. The van der Waals surface area contributed by atoms with Gasteiger partial charge in [-0.15, -0.1) is 0 Å². The van der Waals surface area contributed by atoms with Crippen LogP contribution in [0.5, 0.6) is 0 Å². The molecule has 6 nitrogen and oxygen atoms in total. The summed E-state index contributed by atoms with van der Waals surface area (Å²) in [7, 11) is 0. The number of carbonyl (C=O) groups is 2. The minimum atomic E-state index is -0.948. The van der Waals surface area contributed by atoms with E-state index in [9.17, 15) is 9.59 Å². The Morgan fingerprint density at radius 2 is 2.20 bits per heavy atom. The molecule has 0 aromatic heterocycles. The van der Waals surface area contributed by atoms with Crippen molar-refractivity contribution in [3.05, 3.63) is 11.6 Å². The summed E-state index contributed by atoms with van der Waals surface area (Å²) in [5, 5.41) is 15.3. The predicted octanol–water partition coefficient (Wildman–Crippen LogP) is 0.380. The summed E-state index contributed by atoms with van der Waals surface area (Å²) in [6.07, 6.45) is 3.96. The van der Waals surface area contributed by atoms with Crippen LogP contribution in [-0.2, 0) is 9.59 Å². The fourth-order valence-electron chi connectivity index (χ4n) is 2.62. The average Bonchev–Trinajstić information content (AvgIpc) is 2.32. The molecule has 0 aromatic carbocycles. The van der Waals surface area contributed by atoms with Gasteiger partial charge in [-0.05, 0) is 19.8 Å². The van der Waals surface area contributed by atoms with Crippen LogP contribution in [0.4, 0.5) is 0 Å². The maximum atomic E-state index is 11.3. The number of rotatable bonds is 6. The van der Waals surface area contributed by atoms with Crippen molar-refractivity contribution in [3.63, 3.8) is 0 Å². The maximum Gasteiger partial charge on any atom is 0.331 e. The minimum absolute atomic E-state index is 0.160. The normalized spacial score (nSPS) is 27.6. The van der Waals surface area contributed by atoms with Gasteiger partial charge in [0, 0.05) is 30.6 Å². The SMILES string of the molecule is CCCC(C)N[C@H]1C=C(C(=O)O)C[C@@H](N)[C@@H]1NC(C)=O. The highest BCUT2D eigenvalue weighted by molar-refractivity contribution is 5.87. The second kappa shape index (κ2) is 7.40. The molecule has 20 heavy (non-hydrogen) atoms. The molecule has 0 saturated heterocycles. The van der Waals surface area contributed by atoms with E-state index in [2.05, 4.69) is 17.6 Å². The lowest BCUT2D eigenvalue weighted by molar-refractivity contribution is -0.133. The number of carboxylic acid groups (broad SMARTS) is 1. The summed E-state index contributed by atoms with van der Waals surface area (Å²) in [4.78, 5) is 22.4. The Balaban J connectivity index is 2.90. The van der Waals surface area contributed by atoms with Gasteiger partial charge in [-0.25, -0.2) is 4.79 Å². The van der Waals surface area contributed by atoms with Crippen LogP contribution in [0.25, 0.3) is 0 Å². The van der Waals surface area contributed by atoms with E-state index in [1.54, 1.807) is 6.08 Å². The van der Waals surface area contributed by atoms with Crippen LogP contribution >= 0.6 is 0 Å². The number of carboxylic acids is 1. The number of nitrogens with two attached hydrogens (primary N) is 1. The monoisotopic (exact) mass is 283 g/mol. The van der Waals surface area contributed by atoms with Gasteiger partial charge in [0.25, 0.3) is 0 Å². The molecule has 6 heteroatoms. The zero-order chi connectivity index (χ0) is 15.3. The molecule has 0 aliphatic heterocycles. The van der Waals surface area contributed by atoms with Gasteiger partial charge in [-0.3, -0.25) is 4.79 Å². The number of hydrogen-bond donors (Lipinski definition) is 4. The predicted molar refractivity (Wildman–Crippen MR) is 77.2 cm³/mol. The first-order chi connectivity index (χ1) is 9.35. The van der Waals surface area contributed by atoms with Gasteiger partial charge in [0.15, 0.2) is 0 Å². The summed E-state index contributed by atoms with van der Waals surface area (Å²) in [6, 6.07) is -0.704. The first kappa shape index (κ1) is 16.7. The van der Waals surface area contributed by atoms with Gasteiger partial charge < -0.3 is 21.5 Å². The van der Waals surface area contributed by atoms with E-state index in [0.29, 0.717) is 5.57 Å². The van der Waals surface area contributed by atoms with Crippen molar-refractivity contribution in [3.8, 4) is 0 Å². The molecule has 0 radical (unpaired) electrons. The molecule has 0 fully saturated rings. The molecule has 5 N–H and O–H groups in total. The van der Waals surface area contributed by atoms with Gasteiger partial charge in [0.2, 0.25) is 5.91 Å². The number of aliphatic carboxylic acids is 1. The molecule has 1 unspecified atom stereocenters. The summed E-state index contributed by atoms with van der Waals surface area (Å²) in [6.45, 7) is 5.58. The van der Waals surface area contributed by atoms with Crippen molar-refractivity contribution >= 4 is 11.9 Å². The summed E-state index contributed by atoms with van der Waals surface area (Å²) < 4.78 is 0. The number of hydrogen-bond acceptors (Lipinski definition) is 4. The van der Waals surface area contributed by atoms with E-state index in [1.165, 1.54) is 6.92 Å². The molecule has 114 valence electrons. The molecule has 0 saturated carbocycles.